The van der Waals surface area contributed by atoms with E-state index in [-0.39, 0.29) is 5.91 Å². The average molecular weight is 307 g/mol. The number of nitrogen functional groups attached to an aromatic ring is 1. The Balaban J connectivity index is 1.69. The summed E-state index contributed by atoms with van der Waals surface area (Å²) in [5, 5.41) is 4.19. The summed E-state index contributed by atoms with van der Waals surface area (Å²) >= 11 is 1.55. The standard InChI is InChI=1S/C16H25N3OS/c1-2-11-4-3-8-19(9-7-11)14-10-13(17)15(21-14)16(20)18-12-5-6-12/h10-12H,2-9,17H2,1H3,(H,18,20). The number of rotatable bonds is 4. The first kappa shape index (κ1) is 14.7. The Labute approximate surface area is 130 Å². The monoisotopic (exact) mass is 307 g/mol. The van der Waals surface area contributed by atoms with Crippen molar-refractivity contribution in [1.29, 1.82) is 0 Å². The molecular weight excluding hydrogens is 282 g/mol. The topological polar surface area (TPSA) is 58.4 Å². The lowest BCUT2D eigenvalue weighted by atomic mass is 9.98. The molecule has 1 aromatic rings. The van der Waals surface area contributed by atoms with E-state index in [9.17, 15) is 4.79 Å². The molecule has 0 aromatic carbocycles. The summed E-state index contributed by atoms with van der Waals surface area (Å²) in [6, 6.07) is 2.37. The lowest BCUT2D eigenvalue weighted by Gasteiger charge is -2.20. The third-order valence-electron chi connectivity index (χ3n) is 4.60. The van der Waals surface area contributed by atoms with Crippen LogP contribution in [0.1, 0.15) is 55.1 Å². The van der Waals surface area contributed by atoms with Gasteiger partial charge in [0.05, 0.1) is 10.7 Å². The maximum Gasteiger partial charge on any atom is 0.263 e. The zero-order chi connectivity index (χ0) is 14.8. The fourth-order valence-corrected chi connectivity index (χ4v) is 4.03. The molecule has 0 spiro atoms. The van der Waals surface area contributed by atoms with Gasteiger partial charge in [0.1, 0.15) is 4.88 Å². The predicted octanol–water partition coefficient (Wildman–Crippen LogP) is 3.24. The summed E-state index contributed by atoms with van der Waals surface area (Å²) in [5.41, 5.74) is 6.69. The van der Waals surface area contributed by atoms with Crippen LogP contribution < -0.4 is 16.0 Å². The average Bonchev–Trinajstić information content (AvgIpc) is 3.24. The molecule has 5 heteroatoms. The second-order valence-electron chi connectivity index (χ2n) is 6.31. The number of hydrogen-bond acceptors (Lipinski definition) is 4. The van der Waals surface area contributed by atoms with Crippen molar-refractivity contribution < 1.29 is 4.79 Å². The third-order valence-corrected chi connectivity index (χ3v) is 5.81. The number of nitrogens with one attached hydrogen (secondary N) is 1. The minimum absolute atomic E-state index is 0.00695. The summed E-state index contributed by atoms with van der Waals surface area (Å²) in [6.45, 7) is 4.45. The molecule has 1 aliphatic heterocycles. The van der Waals surface area contributed by atoms with Gasteiger partial charge in [0, 0.05) is 19.1 Å². The fraction of sp³-hybridized carbons (Fsp3) is 0.688. The molecule has 1 atom stereocenters. The summed E-state index contributed by atoms with van der Waals surface area (Å²) < 4.78 is 0. The van der Waals surface area contributed by atoms with E-state index in [0.717, 1.165) is 36.9 Å². The van der Waals surface area contributed by atoms with Crippen LogP contribution in [0.5, 0.6) is 0 Å². The molecule has 2 heterocycles. The molecular formula is C16H25N3OS. The van der Waals surface area contributed by atoms with E-state index in [2.05, 4.69) is 17.1 Å². The first-order valence-corrected chi connectivity index (χ1v) is 8.94. The molecule has 0 radical (unpaired) electrons. The van der Waals surface area contributed by atoms with Crippen molar-refractivity contribution in [2.45, 2.75) is 51.5 Å². The normalized spacial score (nSPS) is 22.9. The molecule has 1 aromatic heterocycles. The second kappa shape index (κ2) is 6.26. The van der Waals surface area contributed by atoms with Crippen molar-refractivity contribution in [3.63, 3.8) is 0 Å². The van der Waals surface area contributed by atoms with Crippen molar-refractivity contribution in [2.24, 2.45) is 5.92 Å². The number of hydrogen-bond donors (Lipinski definition) is 2. The number of carbonyl (C=O) groups is 1. The van der Waals surface area contributed by atoms with E-state index >= 15 is 0 Å². The summed E-state index contributed by atoms with van der Waals surface area (Å²) in [7, 11) is 0. The van der Waals surface area contributed by atoms with Crippen LogP contribution >= 0.6 is 11.3 Å². The number of carbonyl (C=O) groups excluding carboxylic acids is 1. The highest BCUT2D eigenvalue weighted by atomic mass is 32.1. The minimum Gasteiger partial charge on any atom is -0.397 e. The van der Waals surface area contributed by atoms with Gasteiger partial charge in [-0.05, 0) is 44.1 Å². The quantitative estimate of drug-likeness (QED) is 0.898. The molecule has 2 fully saturated rings. The number of anilines is 2. The molecule has 1 aliphatic carbocycles. The van der Waals surface area contributed by atoms with Crippen LogP contribution in [0.25, 0.3) is 0 Å². The Morgan fingerprint density at radius 1 is 1.38 bits per heavy atom. The molecule has 1 saturated carbocycles. The molecule has 1 saturated heterocycles. The van der Waals surface area contributed by atoms with Gasteiger partial charge in [-0.25, -0.2) is 0 Å². The van der Waals surface area contributed by atoms with Crippen molar-refractivity contribution in [1.82, 2.24) is 5.32 Å². The van der Waals surface area contributed by atoms with Crippen LogP contribution in [-0.2, 0) is 0 Å². The number of nitrogens with zero attached hydrogens (tertiary/aromatic N) is 1. The first-order valence-electron chi connectivity index (χ1n) is 8.12. The third kappa shape index (κ3) is 3.51. The lowest BCUT2D eigenvalue weighted by Crippen LogP contribution is -2.25. The van der Waals surface area contributed by atoms with Gasteiger partial charge in [-0.3, -0.25) is 4.79 Å². The predicted molar refractivity (Wildman–Crippen MR) is 89.1 cm³/mol. The largest absolute Gasteiger partial charge is 0.397 e. The van der Waals surface area contributed by atoms with Crippen LogP contribution in [0.3, 0.4) is 0 Å². The molecule has 1 amide bonds. The van der Waals surface area contributed by atoms with Crippen LogP contribution in [0, 0.1) is 5.92 Å². The summed E-state index contributed by atoms with van der Waals surface area (Å²) in [5.74, 6) is 0.859. The van der Waals surface area contributed by atoms with Gasteiger partial charge in [0.25, 0.3) is 5.91 Å². The van der Waals surface area contributed by atoms with Crippen LogP contribution in [0.2, 0.25) is 0 Å². The van der Waals surface area contributed by atoms with Crippen molar-refractivity contribution in [2.75, 3.05) is 23.7 Å². The van der Waals surface area contributed by atoms with Gasteiger partial charge in [-0.1, -0.05) is 13.3 Å². The van der Waals surface area contributed by atoms with Gasteiger partial charge >= 0.3 is 0 Å². The first-order chi connectivity index (χ1) is 10.2. The summed E-state index contributed by atoms with van der Waals surface area (Å²) in [6.07, 6.45) is 7.29. The van der Waals surface area contributed by atoms with E-state index in [4.69, 9.17) is 5.73 Å². The van der Waals surface area contributed by atoms with Crippen LogP contribution in [-0.4, -0.2) is 25.0 Å². The zero-order valence-electron chi connectivity index (χ0n) is 12.7. The van der Waals surface area contributed by atoms with Crippen LogP contribution in [0.4, 0.5) is 10.7 Å². The lowest BCUT2D eigenvalue weighted by molar-refractivity contribution is 0.0956. The van der Waals surface area contributed by atoms with E-state index in [1.807, 2.05) is 6.07 Å². The highest BCUT2D eigenvalue weighted by Crippen LogP contribution is 2.35. The highest BCUT2D eigenvalue weighted by Gasteiger charge is 2.26. The van der Waals surface area contributed by atoms with Gasteiger partial charge in [-0.15, -0.1) is 11.3 Å². The maximum absolute atomic E-state index is 12.2. The molecule has 4 nitrogen and oxygen atoms in total. The molecule has 1 unspecified atom stereocenters. The molecule has 0 bridgehead atoms. The Hall–Kier alpha value is -1.23. The highest BCUT2D eigenvalue weighted by molar-refractivity contribution is 7.18. The second-order valence-corrected chi connectivity index (χ2v) is 7.34. The SMILES string of the molecule is CCC1CCCN(c2cc(N)c(C(=O)NC3CC3)s2)CC1. The number of amides is 1. The van der Waals surface area contributed by atoms with E-state index in [1.165, 1.54) is 25.7 Å². The Morgan fingerprint density at radius 2 is 2.19 bits per heavy atom. The number of thiophene rings is 1. The molecule has 2 aliphatic rings. The Bertz CT molecular complexity index is 510. The smallest absolute Gasteiger partial charge is 0.263 e. The minimum atomic E-state index is 0.00695. The number of nitrogens with two attached hydrogens (primary N) is 1. The van der Waals surface area contributed by atoms with Gasteiger partial charge in [0.2, 0.25) is 0 Å². The summed E-state index contributed by atoms with van der Waals surface area (Å²) in [4.78, 5) is 15.3. The fourth-order valence-electron chi connectivity index (χ4n) is 3.00. The van der Waals surface area contributed by atoms with E-state index in [0.29, 0.717) is 16.6 Å². The van der Waals surface area contributed by atoms with Crippen molar-refractivity contribution in [3.8, 4) is 0 Å². The van der Waals surface area contributed by atoms with Crippen molar-refractivity contribution >= 4 is 27.9 Å². The zero-order valence-corrected chi connectivity index (χ0v) is 13.5. The van der Waals surface area contributed by atoms with E-state index in [1.54, 1.807) is 11.3 Å². The molecule has 116 valence electrons. The Morgan fingerprint density at radius 3 is 2.90 bits per heavy atom. The van der Waals surface area contributed by atoms with Crippen molar-refractivity contribution in [3.05, 3.63) is 10.9 Å². The van der Waals surface area contributed by atoms with Gasteiger partial charge in [-0.2, -0.15) is 0 Å². The van der Waals surface area contributed by atoms with Gasteiger partial charge < -0.3 is 16.0 Å². The molecule has 21 heavy (non-hydrogen) atoms. The Kier molecular flexibility index (Phi) is 4.38. The maximum atomic E-state index is 12.2. The van der Waals surface area contributed by atoms with E-state index < -0.39 is 0 Å². The van der Waals surface area contributed by atoms with Gasteiger partial charge in [0.15, 0.2) is 0 Å². The molecule has 3 N–H and O–H groups in total. The molecule has 3 rings (SSSR count). The van der Waals surface area contributed by atoms with Crippen LogP contribution in [0.15, 0.2) is 6.07 Å².